The molecule has 40 heavy (non-hydrogen) atoms. The molecule has 0 saturated carbocycles. The van der Waals surface area contributed by atoms with Gasteiger partial charge in [-0.15, -0.1) is 0 Å². The van der Waals surface area contributed by atoms with Crippen LogP contribution in [-0.2, 0) is 16.2 Å². The lowest BCUT2D eigenvalue weighted by atomic mass is 10.1. The minimum Gasteiger partial charge on any atom is -0.490 e. The van der Waals surface area contributed by atoms with Crippen molar-refractivity contribution in [3.63, 3.8) is 0 Å². The molecule has 10 nitrogen and oxygen atoms in total. The molecule has 1 aliphatic rings. The number of amides is 4. The van der Waals surface area contributed by atoms with Gasteiger partial charge in [0.05, 0.1) is 15.7 Å². The van der Waals surface area contributed by atoms with Gasteiger partial charge in [0.2, 0.25) is 5.91 Å². The Kier molecular flexibility index (Phi) is 9.04. The summed E-state index contributed by atoms with van der Waals surface area (Å²) in [5.41, 5.74) is 3.18. The van der Waals surface area contributed by atoms with E-state index < -0.39 is 30.4 Å². The highest BCUT2D eigenvalue weighted by molar-refractivity contribution is 14.1. The van der Waals surface area contributed by atoms with Crippen molar-refractivity contribution in [3.8, 4) is 11.5 Å². The maximum Gasteiger partial charge on any atom is 0.335 e. The molecule has 1 fully saturated rings. The third-order valence-electron chi connectivity index (χ3n) is 5.83. The number of benzene rings is 3. The number of hydrogen-bond donors (Lipinski definition) is 3. The lowest BCUT2D eigenvalue weighted by Crippen LogP contribution is -2.38. The van der Waals surface area contributed by atoms with Crippen LogP contribution in [-0.4, -0.2) is 47.0 Å². The van der Waals surface area contributed by atoms with Crippen molar-refractivity contribution in [1.82, 2.24) is 10.2 Å². The highest BCUT2D eigenvalue weighted by atomic mass is 127. The zero-order chi connectivity index (χ0) is 28.8. The summed E-state index contributed by atoms with van der Waals surface area (Å²) in [6, 6.07) is 16.3. The van der Waals surface area contributed by atoms with E-state index in [9.17, 15) is 19.2 Å². The smallest absolute Gasteiger partial charge is 0.335 e. The maximum atomic E-state index is 12.9. The van der Waals surface area contributed by atoms with E-state index >= 15 is 0 Å². The summed E-state index contributed by atoms with van der Waals surface area (Å²) in [6.45, 7) is 3.87. The molecule has 11 heteroatoms. The van der Waals surface area contributed by atoms with E-state index in [1.165, 1.54) is 18.2 Å². The van der Waals surface area contributed by atoms with Gasteiger partial charge in [0.1, 0.15) is 18.8 Å². The van der Waals surface area contributed by atoms with Gasteiger partial charge < -0.3 is 25.2 Å². The summed E-state index contributed by atoms with van der Waals surface area (Å²) < 4.78 is 12.5. The average molecular weight is 655 g/mol. The van der Waals surface area contributed by atoms with E-state index in [2.05, 4.69) is 33.2 Å². The number of carbonyl (C=O) groups is 4. The van der Waals surface area contributed by atoms with Crippen LogP contribution < -0.4 is 20.1 Å². The van der Waals surface area contributed by atoms with Crippen LogP contribution in [0.2, 0.25) is 0 Å². The number of anilines is 1. The molecule has 0 aromatic heterocycles. The number of ether oxygens (including phenoxy) is 2. The van der Waals surface area contributed by atoms with Crippen molar-refractivity contribution in [2.45, 2.75) is 20.5 Å². The van der Waals surface area contributed by atoms with Crippen LogP contribution in [0.3, 0.4) is 0 Å². The lowest BCUT2D eigenvalue weighted by Gasteiger charge is -2.15. The number of aryl methyl sites for hydroxylation is 1. The Morgan fingerprint density at radius 3 is 2.40 bits per heavy atom. The van der Waals surface area contributed by atoms with Crippen molar-refractivity contribution in [2.75, 3.05) is 18.5 Å². The Morgan fingerprint density at radius 2 is 1.75 bits per heavy atom. The molecule has 3 aromatic rings. The first-order valence-corrected chi connectivity index (χ1v) is 13.3. The molecule has 1 saturated heterocycles. The fourth-order valence-electron chi connectivity index (χ4n) is 3.84. The number of rotatable bonds is 10. The van der Waals surface area contributed by atoms with Crippen molar-refractivity contribution >= 4 is 58.2 Å². The van der Waals surface area contributed by atoms with Crippen molar-refractivity contribution in [1.29, 1.82) is 0 Å². The first-order chi connectivity index (χ1) is 19.1. The van der Waals surface area contributed by atoms with E-state index in [-0.39, 0.29) is 17.9 Å². The molecule has 206 valence electrons. The first kappa shape index (κ1) is 28.6. The Balaban J connectivity index is 1.47. The molecule has 0 radical (unpaired) electrons. The fraction of sp³-hybridized carbons (Fsp3) is 0.172. The summed E-state index contributed by atoms with van der Waals surface area (Å²) in [4.78, 5) is 49.8. The SMILES string of the molecule is CCOc1cc(/C=C2/NC(=O)N(CC(=O)Nc3ccc(C)cc3)C2=O)cc(I)c1OCc1ccc(C(=O)O)cc1. The molecule has 0 atom stereocenters. The molecule has 4 rings (SSSR count). The second-order valence-electron chi connectivity index (χ2n) is 8.85. The van der Waals surface area contributed by atoms with Crippen LogP contribution in [0, 0.1) is 10.5 Å². The van der Waals surface area contributed by atoms with E-state index in [1.54, 1.807) is 36.4 Å². The second kappa shape index (κ2) is 12.6. The van der Waals surface area contributed by atoms with Gasteiger partial charge in [-0.25, -0.2) is 14.5 Å². The van der Waals surface area contributed by atoms with Gasteiger partial charge in [-0.1, -0.05) is 29.8 Å². The number of nitrogens with one attached hydrogen (secondary N) is 2. The first-order valence-electron chi connectivity index (χ1n) is 12.3. The van der Waals surface area contributed by atoms with Crippen LogP contribution in [0.4, 0.5) is 10.5 Å². The Hall–Kier alpha value is -4.39. The normalized spacial score (nSPS) is 13.8. The molecular weight excluding hydrogens is 629 g/mol. The van der Waals surface area contributed by atoms with E-state index in [0.717, 1.165) is 16.0 Å². The topological polar surface area (TPSA) is 134 Å². The average Bonchev–Trinajstić information content (AvgIpc) is 3.17. The summed E-state index contributed by atoms with van der Waals surface area (Å²) in [6.07, 6.45) is 1.51. The van der Waals surface area contributed by atoms with Gasteiger partial charge in [0.15, 0.2) is 11.5 Å². The summed E-state index contributed by atoms with van der Waals surface area (Å²) >= 11 is 2.09. The summed E-state index contributed by atoms with van der Waals surface area (Å²) in [5.74, 6) is -1.20. The van der Waals surface area contributed by atoms with Gasteiger partial charge in [0.25, 0.3) is 5.91 Å². The fourth-order valence-corrected chi connectivity index (χ4v) is 4.62. The minimum atomic E-state index is -1.00. The Bertz CT molecular complexity index is 1480. The van der Waals surface area contributed by atoms with Gasteiger partial charge in [-0.2, -0.15) is 0 Å². The minimum absolute atomic E-state index is 0.0265. The predicted molar refractivity (Wildman–Crippen MR) is 156 cm³/mol. The molecular formula is C29H26IN3O7. The number of hydrogen-bond acceptors (Lipinski definition) is 6. The zero-order valence-electron chi connectivity index (χ0n) is 21.7. The molecule has 4 amide bonds. The number of carboxylic acids is 1. The Morgan fingerprint density at radius 1 is 1.05 bits per heavy atom. The van der Waals surface area contributed by atoms with Gasteiger partial charge in [0, 0.05) is 5.69 Å². The molecule has 1 aliphatic heterocycles. The molecule has 0 bridgehead atoms. The molecule has 0 aliphatic carbocycles. The van der Waals surface area contributed by atoms with Crippen LogP contribution in [0.15, 0.2) is 66.4 Å². The molecule has 3 aromatic carbocycles. The van der Waals surface area contributed by atoms with Crippen molar-refractivity contribution < 1.29 is 33.8 Å². The van der Waals surface area contributed by atoms with E-state index in [0.29, 0.717) is 32.9 Å². The van der Waals surface area contributed by atoms with Gasteiger partial charge in [-0.3, -0.25) is 9.59 Å². The predicted octanol–water partition coefficient (Wildman–Crippen LogP) is 4.81. The van der Waals surface area contributed by atoms with Crippen LogP contribution >= 0.6 is 22.6 Å². The third-order valence-corrected chi connectivity index (χ3v) is 6.63. The molecule has 3 N–H and O–H groups in total. The van der Waals surface area contributed by atoms with Crippen LogP contribution in [0.1, 0.15) is 34.0 Å². The van der Waals surface area contributed by atoms with Crippen LogP contribution in [0.5, 0.6) is 11.5 Å². The number of carboxylic acid groups (broad SMARTS) is 1. The number of aromatic carboxylic acids is 1. The number of carbonyl (C=O) groups excluding carboxylic acids is 3. The maximum absolute atomic E-state index is 12.9. The standard InChI is InChI=1S/C29H26IN3O7/c1-3-39-24-14-19(12-22(30)26(24)40-16-18-6-8-20(9-7-18)28(36)37)13-23-27(35)33(29(38)32-23)15-25(34)31-21-10-4-17(2)5-11-21/h4-14H,3,15-16H2,1-2H3,(H,31,34)(H,32,38)(H,36,37)/b23-13+. The Labute approximate surface area is 244 Å². The van der Waals surface area contributed by atoms with Gasteiger partial charge in [-0.05, 0) is 90.0 Å². The zero-order valence-corrected chi connectivity index (χ0v) is 23.9. The highest BCUT2D eigenvalue weighted by Gasteiger charge is 2.35. The number of nitrogens with zero attached hydrogens (tertiary/aromatic N) is 1. The lowest BCUT2D eigenvalue weighted by molar-refractivity contribution is -0.127. The molecule has 1 heterocycles. The molecule has 0 spiro atoms. The van der Waals surface area contributed by atoms with Gasteiger partial charge >= 0.3 is 12.0 Å². The highest BCUT2D eigenvalue weighted by Crippen LogP contribution is 2.35. The molecule has 0 unspecified atom stereocenters. The monoisotopic (exact) mass is 655 g/mol. The van der Waals surface area contributed by atoms with Crippen LogP contribution in [0.25, 0.3) is 6.08 Å². The van der Waals surface area contributed by atoms with E-state index in [1.807, 2.05) is 26.0 Å². The number of urea groups is 1. The number of imide groups is 1. The quantitative estimate of drug-likeness (QED) is 0.162. The van der Waals surface area contributed by atoms with E-state index in [4.69, 9.17) is 14.6 Å². The largest absolute Gasteiger partial charge is 0.490 e. The summed E-state index contributed by atoms with van der Waals surface area (Å²) in [7, 11) is 0. The third kappa shape index (κ3) is 6.97. The number of halogens is 1. The summed E-state index contributed by atoms with van der Waals surface area (Å²) in [5, 5.41) is 14.3. The van der Waals surface area contributed by atoms with Crippen molar-refractivity contribution in [2.24, 2.45) is 0 Å². The van der Waals surface area contributed by atoms with Crippen molar-refractivity contribution in [3.05, 3.63) is 92.2 Å². The second-order valence-corrected chi connectivity index (χ2v) is 10.0.